The average molecular weight is 406 g/mol. The Balaban J connectivity index is 2.09. The first-order chi connectivity index (χ1) is 13.4. The third-order valence-corrected chi connectivity index (χ3v) is 4.68. The van der Waals surface area contributed by atoms with Crippen LogP contribution in [0.5, 0.6) is 5.88 Å². The Labute approximate surface area is 167 Å². The highest BCUT2D eigenvalue weighted by Gasteiger charge is 2.32. The van der Waals surface area contributed by atoms with Gasteiger partial charge in [-0.1, -0.05) is 12.1 Å². The monoisotopic (exact) mass is 405 g/mol. The first kappa shape index (κ1) is 20.1. The van der Waals surface area contributed by atoms with E-state index in [9.17, 15) is 14.0 Å². The van der Waals surface area contributed by atoms with Crippen molar-refractivity contribution in [2.24, 2.45) is 0 Å². The Morgan fingerprint density at radius 2 is 2.07 bits per heavy atom. The Morgan fingerprint density at radius 1 is 1.36 bits per heavy atom. The lowest BCUT2D eigenvalue weighted by Gasteiger charge is -2.34. The summed E-state index contributed by atoms with van der Waals surface area (Å²) in [7, 11) is 0. The fraction of sp³-hybridized carbons (Fsp3) is 0.350. The highest BCUT2D eigenvalue weighted by molar-refractivity contribution is 6.29. The van der Waals surface area contributed by atoms with Gasteiger partial charge >= 0.3 is 0 Å². The van der Waals surface area contributed by atoms with E-state index >= 15 is 0 Å². The summed E-state index contributed by atoms with van der Waals surface area (Å²) in [6.07, 6.45) is 0.352. The van der Waals surface area contributed by atoms with Crippen LogP contribution in [0.3, 0.4) is 0 Å². The molecule has 0 spiro atoms. The molecule has 1 aromatic heterocycles. The number of carbonyl (C=O) groups excluding carboxylic acids is 2. The van der Waals surface area contributed by atoms with E-state index in [0.29, 0.717) is 24.2 Å². The molecule has 0 saturated heterocycles. The van der Waals surface area contributed by atoms with Crippen LogP contribution in [0.1, 0.15) is 35.5 Å². The van der Waals surface area contributed by atoms with Gasteiger partial charge in [-0.05, 0) is 49.6 Å². The standard InChI is InChI=1S/C20H21ClFN3O3/c1-3-23-19(27)18-14(8-13-4-6-15(22)7-5-13)9-16-20(24-18)28-11-12(2)25(16)17(26)10-21/h4-7,9,12H,3,8,10-11H2,1-2H3,(H,23,27)/t12-/m0/s1. The van der Waals surface area contributed by atoms with Gasteiger partial charge in [-0.15, -0.1) is 11.6 Å². The van der Waals surface area contributed by atoms with Crippen molar-refractivity contribution in [3.63, 3.8) is 0 Å². The second kappa shape index (κ2) is 8.56. The third kappa shape index (κ3) is 4.09. The van der Waals surface area contributed by atoms with Gasteiger partial charge in [0.05, 0.1) is 6.04 Å². The molecule has 2 amide bonds. The number of pyridine rings is 1. The zero-order valence-electron chi connectivity index (χ0n) is 15.7. The van der Waals surface area contributed by atoms with Gasteiger partial charge in [0.25, 0.3) is 5.91 Å². The highest BCUT2D eigenvalue weighted by Crippen LogP contribution is 2.35. The molecule has 0 saturated carbocycles. The molecule has 1 aromatic carbocycles. The lowest BCUT2D eigenvalue weighted by molar-refractivity contribution is -0.117. The number of rotatable bonds is 5. The number of benzene rings is 1. The fourth-order valence-electron chi connectivity index (χ4n) is 3.16. The van der Waals surface area contributed by atoms with E-state index < -0.39 is 0 Å². The Bertz CT molecular complexity index is 889. The molecule has 6 nitrogen and oxygen atoms in total. The van der Waals surface area contributed by atoms with E-state index in [-0.39, 0.29) is 47.7 Å². The van der Waals surface area contributed by atoms with Crippen LogP contribution in [-0.4, -0.2) is 41.9 Å². The first-order valence-corrected chi connectivity index (χ1v) is 9.55. The molecule has 0 bridgehead atoms. The average Bonchev–Trinajstić information content (AvgIpc) is 2.69. The first-order valence-electron chi connectivity index (χ1n) is 9.02. The molecule has 0 aliphatic carbocycles. The molecule has 3 rings (SSSR count). The molecule has 2 aromatic rings. The van der Waals surface area contributed by atoms with Crippen LogP contribution in [0.25, 0.3) is 0 Å². The summed E-state index contributed by atoms with van der Waals surface area (Å²) < 4.78 is 18.9. The molecule has 28 heavy (non-hydrogen) atoms. The zero-order chi connectivity index (χ0) is 20.3. The minimum Gasteiger partial charge on any atom is -0.474 e. The maximum absolute atomic E-state index is 13.2. The van der Waals surface area contributed by atoms with E-state index in [1.807, 2.05) is 13.8 Å². The SMILES string of the molecule is CCNC(=O)c1nc2c(cc1Cc1ccc(F)cc1)N(C(=O)CCl)[C@@H](C)CO2. The van der Waals surface area contributed by atoms with Crippen LogP contribution in [0.2, 0.25) is 0 Å². The maximum atomic E-state index is 13.2. The van der Waals surface area contributed by atoms with Crippen molar-refractivity contribution in [1.29, 1.82) is 0 Å². The van der Waals surface area contributed by atoms with Gasteiger partial charge in [0.1, 0.15) is 29.7 Å². The summed E-state index contributed by atoms with van der Waals surface area (Å²) in [5.74, 6) is -0.883. The van der Waals surface area contributed by atoms with Crippen LogP contribution in [-0.2, 0) is 11.2 Å². The number of fused-ring (bicyclic) bond motifs is 1. The number of amides is 2. The van der Waals surface area contributed by atoms with E-state index in [0.717, 1.165) is 5.56 Å². The van der Waals surface area contributed by atoms with Gasteiger partial charge in [-0.3, -0.25) is 9.59 Å². The van der Waals surface area contributed by atoms with Crippen LogP contribution in [0.15, 0.2) is 30.3 Å². The largest absolute Gasteiger partial charge is 0.474 e. The van der Waals surface area contributed by atoms with E-state index in [1.165, 1.54) is 12.1 Å². The van der Waals surface area contributed by atoms with Crippen molar-refractivity contribution in [2.75, 3.05) is 23.9 Å². The smallest absolute Gasteiger partial charge is 0.270 e. The molecule has 1 aliphatic rings. The number of alkyl halides is 1. The van der Waals surface area contributed by atoms with Crippen molar-refractivity contribution < 1.29 is 18.7 Å². The number of nitrogens with zero attached hydrogens (tertiary/aromatic N) is 2. The molecular formula is C20H21ClFN3O3. The van der Waals surface area contributed by atoms with Gasteiger partial charge in [0.15, 0.2) is 0 Å². The van der Waals surface area contributed by atoms with E-state index in [1.54, 1.807) is 23.1 Å². The Kier molecular flexibility index (Phi) is 6.14. The van der Waals surface area contributed by atoms with Crippen molar-refractivity contribution >= 4 is 29.1 Å². The molecule has 0 radical (unpaired) electrons. The summed E-state index contributed by atoms with van der Waals surface area (Å²) in [5.41, 5.74) is 2.13. The number of ether oxygens (including phenoxy) is 1. The number of nitrogens with one attached hydrogen (secondary N) is 1. The predicted molar refractivity (Wildman–Crippen MR) is 105 cm³/mol. The third-order valence-electron chi connectivity index (χ3n) is 4.45. The lowest BCUT2D eigenvalue weighted by Crippen LogP contribution is -2.46. The van der Waals surface area contributed by atoms with Gasteiger partial charge in [-0.25, -0.2) is 9.37 Å². The van der Waals surface area contributed by atoms with E-state index in [2.05, 4.69) is 10.3 Å². The van der Waals surface area contributed by atoms with Crippen molar-refractivity contribution in [3.8, 4) is 5.88 Å². The van der Waals surface area contributed by atoms with Gasteiger partial charge < -0.3 is 15.0 Å². The molecule has 1 N–H and O–H groups in total. The summed E-state index contributed by atoms with van der Waals surface area (Å²) in [5, 5.41) is 2.74. The van der Waals surface area contributed by atoms with Crippen molar-refractivity contribution in [1.82, 2.24) is 10.3 Å². The Hall–Kier alpha value is -2.67. The molecule has 2 heterocycles. The molecule has 1 aliphatic heterocycles. The van der Waals surface area contributed by atoms with Crippen LogP contribution in [0.4, 0.5) is 10.1 Å². The number of anilines is 1. The molecule has 1 atom stereocenters. The van der Waals surface area contributed by atoms with Gasteiger partial charge in [0, 0.05) is 6.54 Å². The number of hydrogen-bond donors (Lipinski definition) is 1. The minimum atomic E-state index is -0.336. The number of aromatic nitrogens is 1. The molecule has 8 heteroatoms. The number of carbonyl (C=O) groups is 2. The number of halogens is 2. The molecular weight excluding hydrogens is 385 g/mol. The van der Waals surface area contributed by atoms with Crippen LogP contribution < -0.4 is 15.0 Å². The van der Waals surface area contributed by atoms with E-state index in [4.69, 9.17) is 16.3 Å². The summed E-state index contributed by atoms with van der Waals surface area (Å²) in [6, 6.07) is 7.54. The summed E-state index contributed by atoms with van der Waals surface area (Å²) in [6.45, 7) is 4.37. The van der Waals surface area contributed by atoms with Crippen molar-refractivity contribution in [2.45, 2.75) is 26.3 Å². The topological polar surface area (TPSA) is 71.5 Å². The summed E-state index contributed by atoms with van der Waals surface area (Å²) >= 11 is 5.77. The second-order valence-electron chi connectivity index (χ2n) is 6.54. The van der Waals surface area contributed by atoms with Crippen LogP contribution in [0, 0.1) is 5.82 Å². The molecule has 0 unspecified atom stereocenters. The predicted octanol–water partition coefficient (Wildman–Crippen LogP) is 2.91. The highest BCUT2D eigenvalue weighted by atomic mass is 35.5. The Morgan fingerprint density at radius 3 is 2.71 bits per heavy atom. The zero-order valence-corrected chi connectivity index (χ0v) is 16.4. The normalized spacial score (nSPS) is 15.6. The second-order valence-corrected chi connectivity index (χ2v) is 6.81. The van der Waals surface area contributed by atoms with Gasteiger partial charge in [-0.2, -0.15) is 0 Å². The minimum absolute atomic E-state index is 0.171. The molecule has 0 fully saturated rings. The lowest BCUT2D eigenvalue weighted by atomic mass is 10.0. The molecule has 148 valence electrons. The maximum Gasteiger partial charge on any atom is 0.270 e. The fourth-order valence-corrected chi connectivity index (χ4v) is 3.29. The number of hydrogen-bond acceptors (Lipinski definition) is 4. The van der Waals surface area contributed by atoms with Crippen LogP contribution >= 0.6 is 11.6 Å². The summed E-state index contributed by atoms with van der Waals surface area (Å²) in [4.78, 5) is 30.9. The van der Waals surface area contributed by atoms with Gasteiger partial charge in [0.2, 0.25) is 11.8 Å². The quantitative estimate of drug-likeness (QED) is 0.776. The van der Waals surface area contributed by atoms with Crippen molar-refractivity contribution in [3.05, 3.63) is 53.0 Å².